The highest BCUT2D eigenvalue weighted by Gasteiger charge is 2.27. The zero-order valence-corrected chi connectivity index (χ0v) is 11.9. The number of phenolic OH excluding ortho intramolecular Hbond substituents is 6. The third kappa shape index (κ3) is 3.03. The normalized spacial score (nSPS) is 10.2. The number of rotatable bonds is 4. The molecule has 0 aliphatic heterocycles. The van der Waals surface area contributed by atoms with E-state index in [-0.39, 0.29) is 0 Å². The van der Waals surface area contributed by atoms with E-state index < -0.39 is 62.2 Å². The lowest BCUT2D eigenvalue weighted by Crippen LogP contribution is -2.11. The predicted molar refractivity (Wildman–Crippen MR) is 75.4 cm³/mol. The highest BCUT2D eigenvalue weighted by atomic mass is 17.3. The van der Waals surface area contributed by atoms with Crippen LogP contribution in [-0.2, 0) is 9.88 Å². The smallest absolute Gasteiger partial charge is 0.374 e. The van der Waals surface area contributed by atoms with Gasteiger partial charge in [0.2, 0.25) is 11.5 Å². The molecule has 2 rings (SSSR count). The molecule has 12 nitrogen and oxygen atoms in total. The van der Waals surface area contributed by atoms with Crippen molar-refractivity contribution < 1.29 is 50.4 Å². The topological polar surface area (TPSA) is 200 Å². The van der Waals surface area contributed by atoms with Crippen molar-refractivity contribution in [2.45, 2.75) is 0 Å². The fourth-order valence-electron chi connectivity index (χ4n) is 1.96. The van der Waals surface area contributed by atoms with Gasteiger partial charge in [0.05, 0.1) is 5.56 Å². The lowest BCUT2D eigenvalue weighted by atomic mass is 9.96. The lowest BCUT2D eigenvalue weighted by Gasteiger charge is -2.14. The summed E-state index contributed by atoms with van der Waals surface area (Å²) in [4.78, 5) is 29.2. The summed E-state index contributed by atoms with van der Waals surface area (Å²) in [5, 5.41) is 66.4. The monoisotopic (exact) mass is 355 g/mol. The molecule has 0 aliphatic rings. The van der Waals surface area contributed by atoms with Gasteiger partial charge < -0.3 is 30.6 Å². The quantitative estimate of drug-likeness (QED) is 0.197. The third-order valence-corrected chi connectivity index (χ3v) is 3.05. The molecule has 12 heteroatoms. The Balaban J connectivity index is 2.72. The number of carbonyl (C=O) groups excluding carboxylic acids is 1. The van der Waals surface area contributed by atoms with Crippen LogP contribution in [0.3, 0.4) is 0 Å². The van der Waals surface area contributed by atoms with Crippen molar-refractivity contribution in [3.8, 4) is 45.6 Å². The van der Waals surface area contributed by atoms with Crippen molar-refractivity contribution in [2.75, 3.05) is 0 Å². The molecule has 132 valence electrons. The van der Waals surface area contributed by atoms with E-state index in [2.05, 4.69) is 9.88 Å². The fraction of sp³-hybridized carbons (Fsp3) is 0. The summed E-state index contributed by atoms with van der Waals surface area (Å²) in [6.45, 7) is 0. The highest BCUT2D eigenvalue weighted by molar-refractivity contribution is 6.01. The Kier molecular flexibility index (Phi) is 4.28. The number of aromatic hydroxyl groups is 6. The summed E-state index contributed by atoms with van der Waals surface area (Å²) in [6, 6.07) is 2.40. The van der Waals surface area contributed by atoms with E-state index in [0.717, 1.165) is 12.1 Å². The van der Waals surface area contributed by atoms with Gasteiger partial charge in [0.15, 0.2) is 23.0 Å². The fourth-order valence-corrected chi connectivity index (χ4v) is 1.96. The van der Waals surface area contributed by atoms with Gasteiger partial charge in [-0.05, 0) is 18.2 Å². The second-order valence-electron chi connectivity index (χ2n) is 4.51. The van der Waals surface area contributed by atoms with E-state index in [1.807, 2.05) is 0 Å². The molecule has 0 spiro atoms. The maximum absolute atomic E-state index is 11.9. The zero-order valence-electron chi connectivity index (χ0n) is 11.9. The molecule has 0 heterocycles. The SMILES string of the molecule is O=C(OO[N+](=O)[O-])c1cc(O)c(O)c(O)c1-c1ccc(O)c(O)c1O. The highest BCUT2D eigenvalue weighted by Crippen LogP contribution is 2.50. The molecule has 0 saturated carbocycles. The molecule has 0 atom stereocenters. The largest absolute Gasteiger partial charge is 0.504 e. The molecule has 0 fully saturated rings. The average molecular weight is 355 g/mol. The maximum atomic E-state index is 11.9. The van der Waals surface area contributed by atoms with Gasteiger partial charge in [0.1, 0.15) is 0 Å². The zero-order chi connectivity index (χ0) is 18.9. The molecule has 6 N–H and O–H groups in total. The van der Waals surface area contributed by atoms with Crippen LogP contribution in [0.5, 0.6) is 34.5 Å². The van der Waals surface area contributed by atoms with Crippen LogP contribution in [0.15, 0.2) is 18.2 Å². The van der Waals surface area contributed by atoms with Crippen LogP contribution in [0.2, 0.25) is 0 Å². The second-order valence-corrected chi connectivity index (χ2v) is 4.51. The van der Waals surface area contributed by atoms with E-state index in [9.17, 15) is 45.5 Å². The molecular formula is C13H9NO11. The summed E-state index contributed by atoms with van der Waals surface area (Å²) in [5.74, 6) is -7.51. The van der Waals surface area contributed by atoms with Crippen LogP contribution >= 0.6 is 0 Å². The van der Waals surface area contributed by atoms with Crippen LogP contribution in [0, 0.1) is 10.1 Å². The van der Waals surface area contributed by atoms with E-state index in [1.165, 1.54) is 0 Å². The molecule has 0 amide bonds. The standard InChI is InChI=1S/C13H9NO11/c15-6-2-1-4(9(17)10(6)18)8-5(13(21)24-25-14(22)23)3-7(16)11(19)12(8)20/h1-3,15-20H. The van der Waals surface area contributed by atoms with E-state index in [4.69, 9.17) is 0 Å². The van der Waals surface area contributed by atoms with E-state index in [1.54, 1.807) is 0 Å². The van der Waals surface area contributed by atoms with Crippen LogP contribution in [0.4, 0.5) is 0 Å². The van der Waals surface area contributed by atoms with Crippen molar-refractivity contribution in [1.82, 2.24) is 0 Å². The molecular weight excluding hydrogens is 346 g/mol. The van der Waals surface area contributed by atoms with Crippen LogP contribution < -0.4 is 0 Å². The Morgan fingerprint density at radius 3 is 2.12 bits per heavy atom. The Morgan fingerprint density at radius 2 is 1.52 bits per heavy atom. The Hall–Kier alpha value is -4.09. The number of hydrogen-bond donors (Lipinski definition) is 6. The third-order valence-electron chi connectivity index (χ3n) is 3.05. The maximum Gasteiger partial charge on any atom is 0.374 e. The molecule has 0 aromatic heterocycles. The molecule has 2 aromatic rings. The molecule has 2 aromatic carbocycles. The summed E-state index contributed by atoms with van der Waals surface area (Å²) in [5.41, 5.74) is -1.91. The summed E-state index contributed by atoms with van der Waals surface area (Å²) >= 11 is 0. The van der Waals surface area contributed by atoms with Crippen molar-refractivity contribution in [3.05, 3.63) is 33.9 Å². The first-order valence-electron chi connectivity index (χ1n) is 6.20. The van der Waals surface area contributed by atoms with Crippen molar-refractivity contribution >= 4 is 5.97 Å². The lowest BCUT2D eigenvalue weighted by molar-refractivity contribution is -0.839. The number of phenols is 6. The Bertz CT molecular complexity index is 877. The van der Waals surface area contributed by atoms with Gasteiger partial charge in [-0.2, -0.15) is 0 Å². The number of benzene rings is 2. The number of nitrogens with zero attached hydrogens (tertiary/aromatic N) is 1. The molecule has 0 unspecified atom stereocenters. The molecule has 0 radical (unpaired) electrons. The van der Waals surface area contributed by atoms with Crippen LogP contribution in [0.25, 0.3) is 11.1 Å². The van der Waals surface area contributed by atoms with Crippen molar-refractivity contribution in [1.29, 1.82) is 0 Å². The summed E-state index contributed by atoms with van der Waals surface area (Å²) < 4.78 is 0. The Labute approximate surface area is 137 Å². The number of hydrogen-bond acceptors (Lipinski definition) is 11. The minimum atomic E-state index is -1.58. The van der Waals surface area contributed by atoms with Gasteiger partial charge in [0.25, 0.3) is 0 Å². The summed E-state index contributed by atoms with van der Waals surface area (Å²) in [6.07, 6.45) is 0. The Morgan fingerprint density at radius 1 is 0.920 bits per heavy atom. The minimum Gasteiger partial charge on any atom is -0.504 e. The molecule has 0 saturated heterocycles. The summed E-state index contributed by atoms with van der Waals surface area (Å²) in [7, 11) is 0. The minimum absolute atomic E-state index is 0.476. The van der Waals surface area contributed by atoms with Crippen LogP contribution in [-0.4, -0.2) is 41.7 Å². The van der Waals surface area contributed by atoms with Crippen molar-refractivity contribution in [2.24, 2.45) is 0 Å². The van der Waals surface area contributed by atoms with E-state index >= 15 is 0 Å². The average Bonchev–Trinajstić information content (AvgIpc) is 2.56. The van der Waals surface area contributed by atoms with Gasteiger partial charge in [-0.15, -0.1) is 10.1 Å². The van der Waals surface area contributed by atoms with Crippen LogP contribution in [0.1, 0.15) is 10.4 Å². The first kappa shape index (κ1) is 17.3. The van der Waals surface area contributed by atoms with Gasteiger partial charge in [0, 0.05) is 11.1 Å². The molecule has 0 bridgehead atoms. The number of carbonyl (C=O) groups is 1. The van der Waals surface area contributed by atoms with Gasteiger partial charge in [-0.25, -0.2) is 4.79 Å². The van der Waals surface area contributed by atoms with Crippen molar-refractivity contribution in [3.63, 3.8) is 0 Å². The van der Waals surface area contributed by atoms with Gasteiger partial charge in [-0.3, -0.25) is 4.89 Å². The van der Waals surface area contributed by atoms with Gasteiger partial charge in [-0.1, -0.05) is 4.99 Å². The van der Waals surface area contributed by atoms with E-state index in [0.29, 0.717) is 6.07 Å². The predicted octanol–water partition coefficient (Wildman–Crippen LogP) is 0.867. The molecule has 25 heavy (non-hydrogen) atoms. The van der Waals surface area contributed by atoms with Gasteiger partial charge >= 0.3 is 11.1 Å². The first-order valence-corrected chi connectivity index (χ1v) is 6.20. The first-order chi connectivity index (χ1) is 11.6. The second kappa shape index (κ2) is 6.19. The molecule has 0 aliphatic carbocycles.